The number of methoxy groups -OCH3 is 1. The maximum absolute atomic E-state index is 12.2. The van der Waals surface area contributed by atoms with Crippen LogP contribution in [0.3, 0.4) is 0 Å². The molecular formula is C15H27NO2. The third-order valence-corrected chi connectivity index (χ3v) is 4.70. The van der Waals surface area contributed by atoms with E-state index in [9.17, 15) is 4.79 Å². The summed E-state index contributed by atoms with van der Waals surface area (Å²) in [6, 6.07) is 0.555. The SMILES string of the molecule is COC(=O)C1(NC2CC2)CCCC(C(C)C)CC1. The molecule has 2 saturated carbocycles. The van der Waals surface area contributed by atoms with Gasteiger partial charge in [0.2, 0.25) is 0 Å². The van der Waals surface area contributed by atoms with Crippen LogP contribution in [0.25, 0.3) is 0 Å². The Balaban J connectivity index is 2.06. The van der Waals surface area contributed by atoms with E-state index in [-0.39, 0.29) is 11.5 Å². The van der Waals surface area contributed by atoms with Crippen LogP contribution in [0, 0.1) is 11.8 Å². The average Bonchev–Trinajstić information content (AvgIpc) is 3.15. The summed E-state index contributed by atoms with van der Waals surface area (Å²) in [6.45, 7) is 4.59. The quantitative estimate of drug-likeness (QED) is 0.618. The van der Waals surface area contributed by atoms with E-state index in [1.165, 1.54) is 26.4 Å². The molecule has 18 heavy (non-hydrogen) atoms. The lowest BCUT2D eigenvalue weighted by Crippen LogP contribution is -2.53. The molecule has 2 aliphatic rings. The van der Waals surface area contributed by atoms with Crippen LogP contribution in [-0.4, -0.2) is 24.7 Å². The van der Waals surface area contributed by atoms with Gasteiger partial charge < -0.3 is 4.74 Å². The normalized spacial score (nSPS) is 33.2. The van der Waals surface area contributed by atoms with Crippen molar-refractivity contribution in [3.8, 4) is 0 Å². The number of ether oxygens (including phenoxy) is 1. The first-order chi connectivity index (χ1) is 8.57. The zero-order valence-corrected chi connectivity index (χ0v) is 12.0. The molecule has 0 saturated heterocycles. The van der Waals surface area contributed by atoms with E-state index in [2.05, 4.69) is 19.2 Å². The van der Waals surface area contributed by atoms with E-state index in [1.807, 2.05) is 0 Å². The number of carbonyl (C=O) groups is 1. The number of hydrogen-bond donors (Lipinski definition) is 1. The van der Waals surface area contributed by atoms with E-state index < -0.39 is 0 Å². The Morgan fingerprint density at radius 2 is 1.94 bits per heavy atom. The van der Waals surface area contributed by atoms with E-state index >= 15 is 0 Å². The van der Waals surface area contributed by atoms with E-state index in [1.54, 1.807) is 0 Å². The van der Waals surface area contributed by atoms with E-state index in [4.69, 9.17) is 4.74 Å². The number of esters is 1. The number of nitrogens with one attached hydrogen (secondary N) is 1. The second kappa shape index (κ2) is 5.60. The molecular weight excluding hydrogens is 226 g/mol. The molecule has 0 aromatic heterocycles. The fourth-order valence-electron chi connectivity index (χ4n) is 3.25. The Labute approximate surface area is 111 Å². The fourth-order valence-corrected chi connectivity index (χ4v) is 3.25. The van der Waals surface area contributed by atoms with Gasteiger partial charge in [-0.2, -0.15) is 0 Å². The Morgan fingerprint density at radius 3 is 2.50 bits per heavy atom. The van der Waals surface area contributed by atoms with E-state index in [0.29, 0.717) is 6.04 Å². The summed E-state index contributed by atoms with van der Waals surface area (Å²) >= 11 is 0. The molecule has 0 amide bonds. The van der Waals surface area contributed by atoms with Gasteiger partial charge in [0.15, 0.2) is 0 Å². The fraction of sp³-hybridized carbons (Fsp3) is 0.933. The lowest BCUT2D eigenvalue weighted by atomic mass is 9.86. The summed E-state index contributed by atoms with van der Waals surface area (Å²) in [5.41, 5.74) is -0.389. The second-order valence-electron chi connectivity index (χ2n) is 6.43. The molecule has 3 nitrogen and oxygen atoms in total. The predicted octanol–water partition coefficient (Wildman–Crippen LogP) is 2.89. The molecule has 0 radical (unpaired) electrons. The van der Waals surface area contributed by atoms with Gasteiger partial charge >= 0.3 is 5.97 Å². The van der Waals surface area contributed by atoms with Crippen molar-refractivity contribution >= 4 is 5.97 Å². The molecule has 2 rings (SSSR count). The van der Waals surface area contributed by atoms with Gasteiger partial charge in [0.05, 0.1) is 7.11 Å². The summed E-state index contributed by atoms with van der Waals surface area (Å²) in [7, 11) is 1.52. The molecule has 0 spiro atoms. The molecule has 0 aromatic carbocycles. The van der Waals surface area contributed by atoms with Crippen molar-refractivity contribution in [2.24, 2.45) is 11.8 Å². The van der Waals surface area contributed by atoms with Crippen LogP contribution in [0.4, 0.5) is 0 Å². The number of carbonyl (C=O) groups excluding carboxylic acids is 1. The monoisotopic (exact) mass is 253 g/mol. The largest absolute Gasteiger partial charge is 0.468 e. The van der Waals surface area contributed by atoms with Crippen LogP contribution < -0.4 is 5.32 Å². The van der Waals surface area contributed by atoms with Crippen LogP contribution in [0.1, 0.15) is 58.8 Å². The minimum atomic E-state index is -0.389. The van der Waals surface area contributed by atoms with Gasteiger partial charge in [0.25, 0.3) is 0 Å². The van der Waals surface area contributed by atoms with Crippen LogP contribution in [0.2, 0.25) is 0 Å². The van der Waals surface area contributed by atoms with Gasteiger partial charge in [-0.15, -0.1) is 0 Å². The predicted molar refractivity (Wildman–Crippen MR) is 72.3 cm³/mol. The molecule has 0 heterocycles. The lowest BCUT2D eigenvalue weighted by Gasteiger charge is -2.31. The summed E-state index contributed by atoms with van der Waals surface area (Å²) in [5.74, 6) is 1.44. The lowest BCUT2D eigenvalue weighted by molar-refractivity contribution is -0.149. The highest BCUT2D eigenvalue weighted by atomic mass is 16.5. The van der Waals surface area contributed by atoms with Gasteiger partial charge in [-0.3, -0.25) is 10.1 Å². The summed E-state index contributed by atoms with van der Waals surface area (Å²) in [4.78, 5) is 12.2. The summed E-state index contributed by atoms with van der Waals surface area (Å²) < 4.78 is 5.07. The number of rotatable bonds is 4. The molecule has 0 aromatic rings. The molecule has 2 fully saturated rings. The highest BCUT2D eigenvalue weighted by Crippen LogP contribution is 2.37. The Hall–Kier alpha value is -0.570. The Kier molecular flexibility index (Phi) is 4.31. The van der Waals surface area contributed by atoms with Gasteiger partial charge in [0.1, 0.15) is 5.54 Å². The highest BCUT2D eigenvalue weighted by molar-refractivity contribution is 5.80. The van der Waals surface area contributed by atoms with Crippen molar-refractivity contribution in [1.82, 2.24) is 5.32 Å². The summed E-state index contributed by atoms with van der Waals surface area (Å²) in [5, 5.41) is 3.58. The maximum Gasteiger partial charge on any atom is 0.326 e. The molecule has 104 valence electrons. The Morgan fingerprint density at radius 1 is 1.22 bits per heavy atom. The van der Waals surface area contributed by atoms with E-state index in [0.717, 1.165) is 37.5 Å². The first kappa shape index (κ1) is 13.9. The Bertz CT molecular complexity index is 299. The maximum atomic E-state index is 12.2. The first-order valence-corrected chi connectivity index (χ1v) is 7.43. The third kappa shape index (κ3) is 3.05. The smallest absolute Gasteiger partial charge is 0.326 e. The molecule has 0 bridgehead atoms. The van der Waals surface area contributed by atoms with Gasteiger partial charge in [0, 0.05) is 6.04 Å². The van der Waals surface area contributed by atoms with Crippen molar-refractivity contribution < 1.29 is 9.53 Å². The van der Waals surface area contributed by atoms with Crippen molar-refractivity contribution in [1.29, 1.82) is 0 Å². The molecule has 2 aliphatic carbocycles. The first-order valence-electron chi connectivity index (χ1n) is 7.43. The molecule has 0 aliphatic heterocycles. The summed E-state index contributed by atoms with van der Waals surface area (Å²) in [6.07, 6.45) is 7.85. The molecule has 2 unspecified atom stereocenters. The van der Waals surface area contributed by atoms with Crippen molar-refractivity contribution in [2.45, 2.75) is 70.4 Å². The second-order valence-corrected chi connectivity index (χ2v) is 6.43. The highest BCUT2D eigenvalue weighted by Gasteiger charge is 2.44. The van der Waals surface area contributed by atoms with Crippen LogP contribution in [0.5, 0.6) is 0 Å². The third-order valence-electron chi connectivity index (χ3n) is 4.70. The van der Waals surface area contributed by atoms with Gasteiger partial charge in [-0.25, -0.2) is 0 Å². The number of hydrogen-bond acceptors (Lipinski definition) is 3. The van der Waals surface area contributed by atoms with Crippen molar-refractivity contribution in [2.75, 3.05) is 7.11 Å². The van der Waals surface area contributed by atoms with Gasteiger partial charge in [-0.1, -0.05) is 26.7 Å². The van der Waals surface area contributed by atoms with Crippen molar-refractivity contribution in [3.63, 3.8) is 0 Å². The zero-order valence-electron chi connectivity index (χ0n) is 12.0. The average molecular weight is 253 g/mol. The molecule has 2 atom stereocenters. The standard InChI is InChI=1S/C15H27NO2/c1-11(2)12-5-4-9-15(10-8-12,14(17)18-3)16-13-6-7-13/h11-13,16H,4-10H2,1-3H3. The topological polar surface area (TPSA) is 38.3 Å². The zero-order chi connectivity index (χ0) is 13.2. The molecule has 1 N–H and O–H groups in total. The van der Waals surface area contributed by atoms with Gasteiger partial charge in [-0.05, 0) is 43.9 Å². The van der Waals surface area contributed by atoms with Crippen LogP contribution in [-0.2, 0) is 9.53 Å². The van der Waals surface area contributed by atoms with Crippen molar-refractivity contribution in [3.05, 3.63) is 0 Å². The van der Waals surface area contributed by atoms with Crippen LogP contribution >= 0.6 is 0 Å². The minimum Gasteiger partial charge on any atom is -0.468 e. The minimum absolute atomic E-state index is 0.0428. The molecule has 3 heteroatoms. The van der Waals surface area contributed by atoms with Crippen LogP contribution in [0.15, 0.2) is 0 Å².